The van der Waals surface area contributed by atoms with Crippen LogP contribution in [0.4, 0.5) is 14.5 Å². The van der Waals surface area contributed by atoms with Gasteiger partial charge in [-0.3, -0.25) is 19.0 Å². The molecule has 10 heteroatoms. The number of piperidine rings is 1. The largest absolute Gasteiger partial charge is 0.341 e. The zero-order chi connectivity index (χ0) is 22.1. The number of carbonyl (C=O) groups is 2. The Balaban J connectivity index is 1.61. The van der Waals surface area contributed by atoms with Crippen molar-refractivity contribution in [2.24, 2.45) is 0 Å². The van der Waals surface area contributed by atoms with Crippen LogP contribution in [0.5, 0.6) is 0 Å². The van der Waals surface area contributed by atoms with Crippen LogP contribution in [-0.2, 0) is 11.3 Å². The Kier molecular flexibility index (Phi) is 5.81. The molecule has 1 fully saturated rings. The van der Waals surface area contributed by atoms with Gasteiger partial charge in [-0.2, -0.15) is 0 Å². The van der Waals surface area contributed by atoms with Crippen LogP contribution in [0.15, 0.2) is 29.3 Å². The fourth-order valence-electron chi connectivity index (χ4n) is 3.65. The first-order valence-electron chi connectivity index (χ1n) is 9.88. The van der Waals surface area contributed by atoms with E-state index in [0.717, 1.165) is 42.7 Å². The predicted octanol–water partition coefficient (Wildman–Crippen LogP) is 3.31. The summed E-state index contributed by atoms with van der Waals surface area (Å²) in [6.07, 6.45) is 4.31. The molecule has 3 heterocycles. The van der Waals surface area contributed by atoms with E-state index in [1.807, 2.05) is 0 Å². The molecule has 0 unspecified atom stereocenters. The van der Waals surface area contributed by atoms with E-state index < -0.39 is 23.1 Å². The number of likely N-dealkylation sites (tertiary alicyclic amines) is 1. The van der Waals surface area contributed by atoms with Crippen LogP contribution in [0.2, 0.25) is 0 Å². The maximum absolute atomic E-state index is 13.9. The van der Waals surface area contributed by atoms with Gasteiger partial charge in [-0.05, 0) is 43.9 Å². The SMILES string of the molecule is Cc1c(C(=O)Nc2ccc(F)cc2F)sc2ncn(CC(=O)N3CCCCC3)c(=O)c12. The molecule has 2 amide bonds. The van der Waals surface area contributed by atoms with Crippen molar-refractivity contribution in [2.45, 2.75) is 32.7 Å². The van der Waals surface area contributed by atoms with Crippen molar-refractivity contribution in [3.8, 4) is 0 Å². The van der Waals surface area contributed by atoms with E-state index in [-0.39, 0.29) is 28.4 Å². The van der Waals surface area contributed by atoms with Gasteiger partial charge < -0.3 is 10.2 Å². The summed E-state index contributed by atoms with van der Waals surface area (Å²) in [6.45, 7) is 2.87. The number of carbonyl (C=O) groups excluding carboxylic acids is 2. The lowest BCUT2D eigenvalue weighted by Crippen LogP contribution is -2.39. The van der Waals surface area contributed by atoms with Gasteiger partial charge in [0.25, 0.3) is 11.5 Å². The summed E-state index contributed by atoms with van der Waals surface area (Å²) in [5.41, 5.74) is -0.172. The summed E-state index contributed by atoms with van der Waals surface area (Å²) in [6, 6.07) is 2.84. The maximum atomic E-state index is 13.9. The van der Waals surface area contributed by atoms with E-state index in [4.69, 9.17) is 0 Å². The van der Waals surface area contributed by atoms with Gasteiger partial charge in [0.2, 0.25) is 5.91 Å². The average molecular weight is 446 g/mol. The molecule has 31 heavy (non-hydrogen) atoms. The smallest absolute Gasteiger partial charge is 0.266 e. The first kappa shape index (κ1) is 21.1. The highest BCUT2D eigenvalue weighted by Crippen LogP contribution is 2.28. The first-order chi connectivity index (χ1) is 14.8. The maximum Gasteiger partial charge on any atom is 0.266 e. The van der Waals surface area contributed by atoms with Gasteiger partial charge >= 0.3 is 0 Å². The van der Waals surface area contributed by atoms with Crippen LogP contribution in [0.3, 0.4) is 0 Å². The van der Waals surface area contributed by atoms with Crippen LogP contribution < -0.4 is 10.9 Å². The highest BCUT2D eigenvalue weighted by Gasteiger charge is 2.22. The molecule has 7 nitrogen and oxygen atoms in total. The molecule has 4 rings (SSSR count). The number of rotatable bonds is 4. The zero-order valence-corrected chi connectivity index (χ0v) is 17.6. The first-order valence-corrected chi connectivity index (χ1v) is 10.7. The number of aromatic nitrogens is 2. The van der Waals surface area contributed by atoms with Crippen LogP contribution in [-0.4, -0.2) is 39.4 Å². The van der Waals surface area contributed by atoms with Gasteiger partial charge in [0.05, 0.1) is 22.3 Å². The van der Waals surface area contributed by atoms with E-state index in [9.17, 15) is 23.2 Å². The standard InChI is InChI=1S/C21H20F2N4O3S/c1-12-17-20(31-18(12)19(29)25-15-6-5-13(22)9-14(15)23)24-11-27(21(17)30)10-16(28)26-7-3-2-4-8-26/h5-6,9,11H,2-4,7-8,10H2,1H3,(H,25,29). The molecule has 162 valence electrons. The lowest BCUT2D eigenvalue weighted by atomic mass is 10.1. The van der Waals surface area contributed by atoms with E-state index in [0.29, 0.717) is 29.5 Å². The van der Waals surface area contributed by atoms with Gasteiger partial charge in [-0.1, -0.05) is 0 Å². The van der Waals surface area contributed by atoms with Crippen LogP contribution in [0.25, 0.3) is 10.2 Å². The van der Waals surface area contributed by atoms with Crippen LogP contribution in [0.1, 0.15) is 34.5 Å². The number of amides is 2. The highest BCUT2D eigenvalue weighted by atomic mass is 32.1. The summed E-state index contributed by atoms with van der Waals surface area (Å²) < 4.78 is 28.2. The van der Waals surface area contributed by atoms with E-state index >= 15 is 0 Å². The van der Waals surface area contributed by atoms with E-state index in [1.165, 1.54) is 10.9 Å². The van der Waals surface area contributed by atoms with Gasteiger partial charge in [0.15, 0.2) is 0 Å². The Labute approximate surface area is 180 Å². The highest BCUT2D eigenvalue weighted by molar-refractivity contribution is 7.20. The van der Waals surface area contributed by atoms with Crippen molar-refractivity contribution >= 4 is 39.1 Å². The van der Waals surface area contributed by atoms with Gasteiger partial charge in [-0.15, -0.1) is 11.3 Å². The minimum atomic E-state index is -0.899. The zero-order valence-electron chi connectivity index (χ0n) is 16.8. The van der Waals surface area contributed by atoms with Gasteiger partial charge in [-0.25, -0.2) is 13.8 Å². The van der Waals surface area contributed by atoms with E-state index in [2.05, 4.69) is 10.3 Å². The minimum absolute atomic E-state index is 0.112. The molecule has 1 N–H and O–H groups in total. The summed E-state index contributed by atoms with van der Waals surface area (Å²) in [4.78, 5) is 44.7. The molecule has 0 aliphatic carbocycles. The van der Waals surface area contributed by atoms with Gasteiger partial charge in [0.1, 0.15) is 23.0 Å². The molecule has 0 spiro atoms. The molecule has 1 aromatic carbocycles. The van der Waals surface area contributed by atoms with Crippen molar-refractivity contribution in [1.29, 1.82) is 0 Å². The summed E-state index contributed by atoms with van der Waals surface area (Å²) in [5.74, 6) is -2.41. The monoisotopic (exact) mass is 446 g/mol. The third-order valence-electron chi connectivity index (χ3n) is 5.32. The second-order valence-corrected chi connectivity index (χ2v) is 8.43. The average Bonchev–Trinajstić information content (AvgIpc) is 3.10. The van der Waals surface area contributed by atoms with Crippen molar-refractivity contribution in [3.05, 3.63) is 57.0 Å². The number of anilines is 1. The Morgan fingerprint density at radius 2 is 1.94 bits per heavy atom. The number of nitrogens with zero attached hydrogens (tertiary/aromatic N) is 3. The summed E-state index contributed by atoms with van der Waals surface area (Å²) >= 11 is 1.00. The molecule has 1 aliphatic heterocycles. The molecular formula is C21H20F2N4O3S. The van der Waals surface area contributed by atoms with Gasteiger partial charge in [0, 0.05) is 19.2 Å². The lowest BCUT2D eigenvalue weighted by molar-refractivity contribution is -0.132. The molecule has 0 atom stereocenters. The molecular weight excluding hydrogens is 426 g/mol. The fraction of sp³-hybridized carbons (Fsp3) is 0.333. The third-order valence-corrected chi connectivity index (χ3v) is 6.52. The quantitative estimate of drug-likeness (QED) is 0.667. The number of hydrogen-bond donors (Lipinski definition) is 1. The Morgan fingerprint density at radius 3 is 2.65 bits per heavy atom. The predicted molar refractivity (Wildman–Crippen MR) is 113 cm³/mol. The normalized spacial score (nSPS) is 14.1. The third kappa shape index (κ3) is 4.20. The van der Waals surface area contributed by atoms with Crippen LogP contribution in [0, 0.1) is 18.6 Å². The second kappa shape index (κ2) is 8.54. The molecule has 1 saturated heterocycles. The molecule has 3 aromatic rings. The number of halogens is 2. The van der Waals surface area contributed by atoms with Crippen molar-refractivity contribution in [3.63, 3.8) is 0 Å². The van der Waals surface area contributed by atoms with E-state index in [1.54, 1.807) is 11.8 Å². The molecule has 0 bridgehead atoms. The van der Waals surface area contributed by atoms with Crippen LogP contribution >= 0.6 is 11.3 Å². The number of hydrogen-bond acceptors (Lipinski definition) is 5. The number of aryl methyl sites for hydroxylation is 1. The van der Waals surface area contributed by atoms with Crippen molar-refractivity contribution < 1.29 is 18.4 Å². The molecule has 2 aromatic heterocycles. The molecule has 1 aliphatic rings. The number of nitrogens with one attached hydrogen (secondary N) is 1. The minimum Gasteiger partial charge on any atom is -0.341 e. The van der Waals surface area contributed by atoms with Crippen molar-refractivity contribution in [2.75, 3.05) is 18.4 Å². The number of thiophene rings is 1. The molecule has 0 saturated carbocycles. The second-order valence-electron chi connectivity index (χ2n) is 7.43. The fourth-order valence-corrected chi connectivity index (χ4v) is 4.68. The van der Waals surface area contributed by atoms with Crippen molar-refractivity contribution in [1.82, 2.24) is 14.5 Å². The molecule has 0 radical (unpaired) electrons. The number of fused-ring (bicyclic) bond motifs is 1. The summed E-state index contributed by atoms with van der Waals surface area (Å²) in [5, 5.41) is 2.65. The Hall–Kier alpha value is -3.14. The lowest BCUT2D eigenvalue weighted by Gasteiger charge is -2.26. The number of benzene rings is 1. The Morgan fingerprint density at radius 1 is 1.19 bits per heavy atom. The summed E-state index contributed by atoms with van der Waals surface area (Å²) in [7, 11) is 0. The Bertz CT molecular complexity index is 1230. The topological polar surface area (TPSA) is 84.3 Å².